The fourth-order valence-corrected chi connectivity index (χ4v) is 7.41. The fraction of sp³-hybridized carbons (Fsp3) is 0.723. The summed E-state index contributed by atoms with van der Waals surface area (Å²) in [4.78, 5) is 23.1. The zero-order chi connectivity index (χ0) is 44.1. The molecule has 0 spiro atoms. The molecule has 1 aliphatic carbocycles. The molecule has 0 aromatic carbocycles. The molecule has 0 saturated heterocycles. The second-order valence-electron chi connectivity index (χ2n) is 15.5. The highest BCUT2D eigenvalue weighted by Gasteiger charge is 2.51. The Morgan fingerprint density at radius 2 is 0.983 bits per heavy atom. The maximum atomic E-state index is 12.8. The quantitative estimate of drug-likeness (QED) is 0.0150. The van der Waals surface area contributed by atoms with E-state index in [1.165, 1.54) is 38.5 Å². The van der Waals surface area contributed by atoms with Crippen molar-refractivity contribution in [1.29, 1.82) is 0 Å². The number of ether oxygens (including phenoxy) is 2. The predicted molar refractivity (Wildman–Crippen MR) is 239 cm³/mol. The minimum atomic E-state index is -5.04. The summed E-state index contributed by atoms with van der Waals surface area (Å²) < 4.78 is 34.1. The van der Waals surface area contributed by atoms with Crippen LogP contribution in [0.15, 0.2) is 72.9 Å². The van der Waals surface area contributed by atoms with E-state index >= 15 is 0 Å². The number of esters is 1. The lowest BCUT2D eigenvalue weighted by molar-refractivity contribution is -0.220. The summed E-state index contributed by atoms with van der Waals surface area (Å²) >= 11 is 0. The van der Waals surface area contributed by atoms with Gasteiger partial charge in [-0.25, -0.2) is 4.57 Å². The molecule has 0 aliphatic heterocycles. The van der Waals surface area contributed by atoms with Crippen molar-refractivity contribution in [3.8, 4) is 0 Å². The van der Waals surface area contributed by atoms with Gasteiger partial charge >= 0.3 is 13.8 Å². The van der Waals surface area contributed by atoms with Crippen LogP contribution in [-0.4, -0.2) is 98.9 Å². The second-order valence-corrected chi connectivity index (χ2v) is 16.9. The van der Waals surface area contributed by atoms with Gasteiger partial charge in [0, 0.05) is 13.0 Å². The van der Waals surface area contributed by atoms with Crippen LogP contribution in [0.25, 0.3) is 0 Å². The molecular weight excluding hydrogens is 787 g/mol. The van der Waals surface area contributed by atoms with E-state index in [9.17, 15) is 39.8 Å². The highest BCUT2D eigenvalue weighted by atomic mass is 31.2. The minimum absolute atomic E-state index is 0.113. The first-order chi connectivity index (χ1) is 29.0. The number of aliphatic hydroxyl groups excluding tert-OH is 5. The zero-order valence-electron chi connectivity index (χ0n) is 36.7. The number of rotatable bonds is 37. The molecule has 6 atom stereocenters. The van der Waals surface area contributed by atoms with Gasteiger partial charge in [0.15, 0.2) is 0 Å². The fourth-order valence-electron chi connectivity index (χ4n) is 6.43. The van der Waals surface area contributed by atoms with Gasteiger partial charge in [0.2, 0.25) is 0 Å². The molecule has 0 bridgehead atoms. The van der Waals surface area contributed by atoms with Crippen molar-refractivity contribution in [3.63, 3.8) is 0 Å². The molecule has 13 heteroatoms. The highest BCUT2D eigenvalue weighted by Crippen LogP contribution is 2.47. The number of carbonyl (C=O) groups excluding carboxylic acids is 1. The summed E-state index contributed by atoms with van der Waals surface area (Å²) in [7, 11) is -5.04. The first-order valence-corrected chi connectivity index (χ1v) is 24.3. The number of phosphoric acid groups is 1. The number of unbranched alkanes of at least 4 members (excludes halogenated alkanes) is 13. The Morgan fingerprint density at radius 1 is 0.550 bits per heavy atom. The first kappa shape index (κ1) is 55.8. The molecule has 6 N–H and O–H groups in total. The van der Waals surface area contributed by atoms with Crippen LogP contribution in [0.3, 0.4) is 0 Å². The Balaban J connectivity index is 2.46. The maximum absolute atomic E-state index is 12.8. The largest absolute Gasteiger partial charge is 0.472 e. The van der Waals surface area contributed by atoms with Gasteiger partial charge in [-0.15, -0.1) is 0 Å². The first-order valence-electron chi connectivity index (χ1n) is 22.8. The van der Waals surface area contributed by atoms with Gasteiger partial charge in [0.25, 0.3) is 0 Å². The van der Waals surface area contributed by atoms with Crippen molar-refractivity contribution in [2.45, 2.75) is 198 Å². The molecule has 0 amide bonds. The van der Waals surface area contributed by atoms with Gasteiger partial charge in [-0.2, -0.15) is 0 Å². The number of phosphoric ester groups is 1. The monoisotopic (exact) mass is 869 g/mol. The number of carbonyl (C=O) groups is 1. The molecule has 0 aromatic rings. The third-order valence-electron chi connectivity index (χ3n) is 10.1. The van der Waals surface area contributed by atoms with Crippen LogP contribution in [0, 0.1) is 0 Å². The van der Waals surface area contributed by atoms with Gasteiger partial charge < -0.3 is 39.9 Å². The molecule has 0 aromatic heterocycles. The lowest BCUT2D eigenvalue weighted by Crippen LogP contribution is -2.64. The standard InChI is InChI=1S/C47H81O12P/c1-3-5-7-9-11-13-15-17-19-20-21-23-25-27-29-31-33-35-37-56-38-40(39-57-60(54,55)59-47-45(52)43(50)42(49)44(51)46(47)53)58-41(48)36-34-32-30-28-26-24-22-18-16-14-12-10-8-6-4-2/h5,7,11,13,17-19,21-23,27,29,40,42-47,49-53H,3-4,6,8-10,12,14-16,20,24-26,28,30-39H2,1-2H3,(H,54,55)/b7-5-,13-11-,19-17-,22-18-,23-21-,29-27-. The molecule has 60 heavy (non-hydrogen) atoms. The van der Waals surface area contributed by atoms with E-state index in [1.807, 2.05) is 0 Å². The van der Waals surface area contributed by atoms with Crippen molar-refractivity contribution in [1.82, 2.24) is 0 Å². The van der Waals surface area contributed by atoms with Crippen LogP contribution in [0.2, 0.25) is 0 Å². The Kier molecular flexibility index (Phi) is 34.7. The maximum Gasteiger partial charge on any atom is 0.472 e. The average Bonchev–Trinajstić information content (AvgIpc) is 3.23. The Morgan fingerprint density at radius 3 is 1.52 bits per heavy atom. The smallest absolute Gasteiger partial charge is 0.457 e. The van der Waals surface area contributed by atoms with Gasteiger partial charge in [-0.3, -0.25) is 13.8 Å². The Bertz CT molecular complexity index is 1260. The van der Waals surface area contributed by atoms with Crippen LogP contribution in [0.4, 0.5) is 0 Å². The predicted octanol–water partition coefficient (Wildman–Crippen LogP) is 9.19. The lowest BCUT2D eigenvalue weighted by atomic mass is 9.85. The van der Waals surface area contributed by atoms with E-state index in [1.54, 1.807) is 0 Å². The van der Waals surface area contributed by atoms with Gasteiger partial charge in [-0.1, -0.05) is 138 Å². The van der Waals surface area contributed by atoms with Crippen LogP contribution in [-0.2, 0) is 27.9 Å². The van der Waals surface area contributed by atoms with Crippen molar-refractivity contribution in [2.75, 3.05) is 19.8 Å². The number of aliphatic hydroxyl groups is 5. The molecule has 0 radical (unpaired) electrons. The molecule has 6 unspecified atom stereocenters. The summed E-state index contributed by atoms with van der Waals surface area (Å²) in [5.41, 5.74) is 0. The molecule has 346 valence electrons. The summed E-state index contributed by atoms with van der Waals surface area (Å²) in [6.45, 7) is 4.01. The summed E-state index contributed by atoms with van der Waals surface area (Å²) in [5, 5.41) is 50.2. The summed E-state index contributed by atoms with van der Waals surface area (Å²) in [5.74, 6) is -0.504. The van der Waals surface area contributed by atoms with Crippen LogP contribution in [0.5, 0.6) is 0 Å². The molecule has 1 rings (SSSR count). The number of allylic oxidation sites excluding steroid dienone is 12. The van der Waals surface area contributed by atoms with Crippen LogP contribution < -0.4 is 0 Å². The van der Waals surface area contributed by atoms with E-state index in [-0.39, 0.29) is 13.0 Å². The third kappa shape index (κ3) is 29.1. The summed E-state index contributed by atoms with van der Waals surface area (Å²) in [6, 6.07) is 0. The minimum Gasteiger partial charge on any atom is -0.457 e. The molecule has 1 fully saturated rings. The molecular formula is C47H81O12P. The van der Waals surface area contributed by atoms with Crippen molar-refractivity contribution in [2.24, 2.45) is 0 Å². The topological polar surface area (TPSA) is 192 Å². The van der Waals surface area contributed by atoms with Crippen LogP contribution in [0.1, 0.15) is 155 Å². The third-order valence-corrected chi connectivity index (χ3v) is 11.0. The second kappa shape index (κ2) is 37.3. The SMILES string of the molecule is CC/C=C\C/C=C\C/C=C\C/C=C\C/C=C\CCCCOCC(COP(=O)(O)OC1C(O)C(O)C(O)C(O)C1O)OC(=O)CCCCCCC/C=C\CCCCCCCC. The highest BCUT2D eigenvalue weighted by molar-refractivity contribution is 7.47. The molecule has 1 aliphatic rings. The van der Waals surface area contributed by atoms with Crippen LogP contribution >= 0.6 is 7.82 Å². The average molecular weight is 869 g/mol. The molecule has 0 heterocycles. The van der Waals surface area contributed by atoms with E-state index in [0.717, 1.165) is 89.9 Å². The Labute approximate surface area is 361 Å². The van der Waals surface area contributed by atoms with E-state index in [0.29, 0.717) is 13.0 Å². The number of hydrogen-bond acceptors (Lipinski definition) is 11. The number of hydrogen-bond donors (Lipinski definition) is 6. The van der Waals surface area contributed by atoms with Crippen molar-refractivity contribution >= 4 is 13.8 Å². The molecule has 1 saturated carbocycles. The Hall–Kier alpha value is -2.22. The van der Waals surface area contributed by atoms with Gasteiger partial charge in [0.1, 0.15) is 42.7 Å². The van der Waals surface area contributed by atoms with Gasteiger partial charge in [0.05, 0.1) is 13.2 Å². The van der Waals surface area contributed by atoms with E-state index in [4.69, 9.17) is 18.5 Å². The van der Waals surface area contributed by atoms with E-state index < -0.39 is 63.1 Å². The van der Waals surface area contributed by atoms with Crippen molar-refractivity contribution in [3.05, 3.63) is 72.9 Å². The van der Waals surface area contributed by atoms with E-state index in [2.05, 4.69) is 86.8 Å². The zero-order valence-corrected chi connectivity index (χ0v) is 37.6. The summed E-state index contributed by atoms with van der Waals surface area (Å²) in [6.07, 6.45) is 35.5. The lowest BCUT2D eigenvalue weighted by Gasteiger charge is -2.41. The normalized spacial score (nSPS) is 23.0. The van der Waals surface area contributed by atoms with Crippen molar-refractivity contribution < 1.29 is 58.3 Å². The van der Waals surface area contributed by atoms with Gasteiger partial charge in [-0.05, 0) is 83.5 Å². The molecule has 12 nitrogen and oxygen atoms in total.